The normalized spacial score (nSPS) is 10.6. The van der Waals surface area contributed by atoms with Gasteiger partial charge in [0.25, 0.3) is 0 Å². The minimum atomic E-state index is -0.909. The monoisotopic (exact) mass is 300 g/mol. The van der Waals surface area contributed by atoms with Gasteiger partial charge in [0.15, 0.2) is 0 Å². The van der Waals surface area contributed by atoms with Gasteiger partial charge in [0.1, 0.15) is 0 Å². The molecule has 4 nitrogen and oxygen atoms in total. The predicted molar refractivity (Wildman–Crippen MR) is 72.9 cm³/mol. The van der Waals surface area contributed by atoms with Crippen LogP contribution in [0.4, 0.5) is 5.69 Å². The summed E-state index contributed by atoms with van der Waals surface area (Å²) in [5.41, 5.74) is 1.20. The summed E-state index contributed by atoms with van der Waals surface area (Å²) in [5.74, 6) is -0.909. The van der Waals surface area contributed by atoms with Gasteiger partial charge in [0.05, 0.1) is 5.56 Å². The standard InChI is InChI=1S/C12H17BrN2O2/c1-14(2)4-5-15(3)11-7-9(12(16)17)6-10(13)8-11/h6-8H,4-5H2,1-3H3,(H,16,17). The summed E-state index contributed by atoms with van der Waals surface area (Å²) in [7, 11) is 5.98. The first-order chi connectivity index (χ1) is 7.90. The first kappa shape index (κ1) is 14.0. The predicted octanol–water partition coefficient (Wildman–Crippen LogP) is 2.15. The molecule has 0 fully saturated rings. The number of likely N-dealkylation sites (N-methyl/N-ethyl adjacent to an activating group) is 2. The Morgan fingerprint density at radius 2 is 1.88 bits per heavy atom. The van der Waals surface area contributed by atoms with Crippen LogP contribution in [0.25, 0.3) is 0 Å². The Kier molecular flexibility index (Phi) is 4.96. The van der Waals surface area contributed by atoms with Crippen LogP contribution in [0.2, 0.25) is 0 Å². The van der Waals surface area contributed by atoms with Crippen LogP contribution in [0.3, 0.4) is 0 Å². The molecule has 0 aliphatic heterocycles. The molecule has 0 amide bonds. The van der Waals surface area contributed by atoms with Gasteiger partial charge in [0.2, 0.25) is 0 Å². The zero-order chi connectivity index (χ0) is 13.0. The second-order valence-corrected chi connectivity index (χ2v) is 5.14. The highest BCUT2D eigenvalue weighted by atomic mass is 79.9. The van der Waals surface area contributed by atoms with Gasteiger partial charge in [-0.2, -0.15) is 0 Å². The Labute approximate surface area is 110 Å². The molecule has 0 spiro atoms. The van der Waals surface area contributed by atoms with E-state index in [1.54, 1.807) is 12.1 Å². The van der Waals surface area contributed by atoms with Crippen LogP contribution in [0, 0.1) is 0 Å². The fourth-order valence-corrected chi connectivity index (χ4v) is 1.88. The number of halogens is 1. The van der Waals surface area contributed by atoms with Crippen molar-refractivity contribution >= 4 is 27.6 Å². The number of carbonyl (C=O) groups is 1. The molecule has 0 unspecified atom stereocenters. The SMILES string of the molecule is CN(C)CCN(C)c1cc(Br)cc(C(=O)O)c1. The first-order valence-corrected chi connectivity index (χ1v) is 6.09. The van der Waals surface area contributed by atoms with Crippen molar-refractivity contribution < 1.29 is 9.90 Å². The molecule has 0 atom stereocenters. The van der Waals surface area contributed by atoms with Crippen molar-refractivity contribution in [1.29, 1.82) is 0 Å². The molecule has 0 saturated heterocycles. The molecule has 0 heterocycles. The molecule has 0 aliphatic carbocycles. The highest BCUT2D eigenvalue weighted by molar-refractivity contribution is 9.10. The van der Waals surface area contributed by atoms with Gasteiger partial charge in [-0.3, -0.25) is 0 Å². The molecular formula is C12H17BrN2O2. The van der Waals surface area contributed by atoms with Crippen LogP contribution < -0.4 is 4.90 Å². The number of hydrogen-bond acceptors (Lipinski definition) is 3. The molecular weight excluding hydrogens is 284 g/mol. The molecule has 1 aromatic rings. The molecule has 0 aliphatic rings. The van der Waals surface area contributed by atoms with E-state index in [9.17, 15) is 4.79 Å². The minimum absolute atomic E-state index is 0.297. The maximum Gasteiger partial charge on any atom is 0.335 e. The van der Waals surface area contributed by atoms with Crippen LogP contribution >= 0.6 is 15.9 Å². The van der Waals surface area contributed by atoms with E-state index in [0.29, 0.717) is 5.56 Å². The Bertz CT molecular complexity index is 407. The lowest BCUT2D eigenvalue weighted by molar-refractivity contribution is 0.0697. The molecule has 0 radical (unpaired) electrons. The van der Waals surface area contributed by atoms with Gasteiger partial charge in [-0.1, -0.05) is 15.9 Å². The highest BCUT2D eigenvalue weighted by Gasteiger charge is 2.08. The number of hydrogen-bond donors (Lipinski definition) is 1. The lowest BCUT2D eigenvalue weighted by Gasteiger charge is -2.22. The van der Waals surface area contributed by atoms with Crippen molar-refractivity contribution in [2.45, 2.75) is 0 Å². The number of rotatable bonds is 5. The number of nitrogens with zero attached hydrogens (tertiary/aromatic N) is 2. The number of aromatic carboxylic acids is 1. The second-order valence-electron chi connectivity index (χ2n) is 4.23. The third kappa shape index (κ3) is 4.36. The summed E-state index contributed by atoms with van der Waals surface area (Å²) >= 11 is 3.33. The van der Waals surface area contributed by atoms with Gasteiger partial charge < -0.3 is 14.9 Å². The van der Waals surface area contributed by atoms with E-state index in [2.05, 4.69) is 20.8 Å². The van der Waals surface area contributed by atoms with Gasteiger partial charge >= 0.3 is 5.97 Å². The zero-order valence-corrected chi connectivity index (χ0v) is 11.9. The van der Waals surface area contributed by atoms with Crippen molar-refractivity contribution in [3.8, 4) is 0 Å². The molecule has 94 valence electrons. The van der Waals surface area contributed by atoms with Crippen molar-refractivity contribution in [2.24, 2.45) is 0 Å². The largest absolute Gasteiger partial charge is 0.478 e. The number of anilines is 1. The first-order valence-electron chi connectivity index (χ1n) is 5.30. The van der Waals surface area contributed by atoms with Crippen molar-refractivity contribution in [3.63, 3.8) is 0 Å². The molecule has 1 aromatic carbocycles. The number of carboxylic acid groups (broad SMARTS) is 1. The van der Waals surface area contributed by atoms with Gasteiger partial charge in [-0.25, -0.2) is 4.79 Å². The average molecular weight is 301 g/mol. The third-order valence-electron chi connectivity index (χ3n) is 2.45. The summed E-state index contributed by atoms with van der Waals surface area (Å²) in [6.07, 6.45) is 0. The molecule has 17 heavy (non-hydrogen) atoms. The fourth-order valence-electron chi connectivity index (χ4n) is 1.40. The summed E-state index contributed by atoms with van der Waals surface area (Å²) in [5, 5.41) is 8.99. The topological polar surface area (TPSA) is 43.8 Å². The summed E-state index contributed by atoms with van der Waals surface area (Å²) in [6.45, 7) is 1.77. The van der Waals surface area contributed by atoms with E-state index in [1.807, 2.05) is 32.1 Å². The van der Waals surface area contributed by atoms with Crippen LogP contribution in [-0.2, 0) is 0 Å². The summed E-state index contributed by atoms with van der Waals surface area (Å²) in [4.78, 5) is 15.1. The quantitative estimate of drug-likeness (QED) is 0.905. The van der Waals surface area contributed by atoms with Crippen LogP contribution in [-0.4, -0.2) is 50.2 Å². The van der Waals surface area contributed by atoms with Crippen LogP contribution in [0.1, 0.15) is 10.4 Å². The number of benzene rings is 1. The highest BCUT2D eigenvalue weighted by Crippen LogP contribution is 2.22. The third-order valence-corrected chi connectivity index (χ3v) is 2.91. The Morgan fingerprint density at radius 3 is 2.41 bits per heavy atom. The minimum Gasteiger partial charge on any atom is -0.478 e. The second kappa shape index (κ2) is 6.02. The summed E-state index contributed by atoms with van der Waals surface area (Å²) in [6, 6.07) is 5.20. The number of carboxylic acids is 1. The fraction of sp³-hybridized carbons (Fsp3) is 0.417. The van der Waals surface area contributed by atoms with Crippen molar-refractivity contribution in [2.75, 3.05) is 39.1 Å². The Hall–Kier alpha value is -1.07. The van der Waals surface area contributed by atoms with Crippen molar-refractivity contribution in [3.05, 3.63) is 28.2 Å². The Balaban J connectivity index is 2.86. The van der Waals surface area contributed by atoms with Crippen molar-refractivity contribution in [1.82, 2.24) is 4.90 Å². The van der Waals surface area contributed by atoms with Gasteiger partial charge in [-0.05, 0) is 32.3 Å². The van der Waals surface area contributed by atoms with E-state index in [-0.39, 0.29) is 0 Å². The molecule has 1 rings (SSSR count). The molecule has 5 heteroatoms. The zero-order valence-electron chi connectivity index (χ0n) is 10.3. The van der Waals surface area contributed by atoms with E-state index in [4.69, 9.17) is 5.11 Å². The lowest BCUT2D eigenvalue weighted by atomic mass is 10.2. The van der Waals surface area contributed by atoms with E-state index >= 15 is 0 Å². The van der Waals surface area contributed by atoms with Crippen LogP contribution in [0.5, 0.6) is 0 Å². The summed E-state index contributed by atoms with van der Waals surface area (Å²) < 4.78 is 0.782. The maximum atomic E-state index is 10.9. The van der Waals surface area contributed by atoms with E-state index in [1.165, 1.54) is 0 Å². The Morgan fingerprint density at radius 1 is 1.24 bits per heavy atom. The maximum absolute atomic E-state index is 10.9. The average Bonchev–Trinajstić information content (AvgIpc) is 2.24. The molecule has 1 N–H and O–H groups in total. The lowest BCUT2D eigenvalue weighted by Crippen LogP contribution is -2.28. The smallest absolute Gasteiger partial charge is 0.335 e. The molecule has 0 saturated carbocycles. The molecule has 0 bridgehead atoms. The van der Waals surface area contributed by atoms with E-state index < -0.39 is 5.97 Å². The molecule has 0 aromatic heterocycles. The van der Waals surface area contributed by atoms with Gasteiger partial charge in [0, 0.05) is 30.3 Å². The van der Waals surface area contributed by atoms with Crippen LogP contribution in [0.15, 0.2) is 22.7 Å². The van der Waals surface area contributed by atoms with Gasteiger partial charge in [-0.15, -0.1) is 0 Å². The van der Waals surface area contributed by atoms with E-state index in [0.717, 1.165) is 23.2 Å².